The molecule has 0 aliphatic heterocycles. The fraction of sp³-hybridized carbons (Fsp3) is 0.286. The second-order valence-electron chi connectivity index (χ2n) is 8.10. The fourth-order valence-corrected chi connectivity index (χ4v) is 2.39. The molecule has 240 valence electrons. The van der Waals surface area contributed by atoms with Gasteiger partial charge in [-0.25, -0.2) is 71.9 Å². The Kier molecular flexibility index (Phi) is 91.4. The van der Waals surface area contributed by atoms with E-state index in [0.717, 1.165) is 38.5 Å². The topological polar surface area (TPSA) is 0 Å². The van der Waals surface area contributed by atoms with Crippen LogP contribution in [0.3, 0.4) is 0 Å². The molecular weight excluding hydrogens is 648 g/mol. The average molecular weight is 709 g/mol. The minimum atomic E-state index is 0. The second-order valence-corrected chi connectivity index (χ2v) is 8.10. The third-order valence-electron chi connectivity index (χ3n) is 4.08. The van der Waals surface area contributed by atoms with E-state index < -0.39 is 0 Å². The molecule has 45 heavy (non-hydrogen) atoms. The Morgan fingerprint density at radius 2 is 0.644 bits per heavy atom. The quantitative estimate of drug-likeness (QED) is 0.174. The third-order valence-corrected chi connectivity index (χ3v) is 4.08. The van der Waals surface area contributed by atoms with Gasteiger partial charge in [-0.15, -0.1) is 38.5 Å². The van der Waals surface area contributed by atoms with Crippen molar-refractivity contribution in [2.45, 2.75) is 80.1 Å². The molecule has 0 aromatic carbocycles. The first-order valence-electron chi connectivity index (χ1n) is 13.4. The van der Waals surface area contributed by atoms with Crippen LogP contribution in [-0.4, -0.2) is 0 Å². The molecule has 6 rings (SSSR count). The largest absolute Gasteiger partial charge is 4.00 e. The average Bonchev–Trinajstić information content (AvgIpc) is 3.78. The van der Waals surface area contributed by atoms with E-state index in [1.165, 1.54) is 11.1 Å². The van der Waals surface area contributed by atoms with Gasteiger partial charge in [0.2, 0.25) is 0 Å². The molecular formula is C42H60Ti3. The van der Waals surface area contributed by atoms with Gasteiger partial charge in [-0.3, -0.25) is 36.5 Å². The Morgan fingerprint density at radius 3 is 0.689 bits per heavy atom. The van der Waals surface area contributed by atoms with Gasteiger partial charge in [0.1, 0.15) is 0 Å². The Labute approximate surface area is 329 Å². The summed E-state index contributed by atoms with van der Waals surface area (Å²) in [5.41, 5.74) is 2.55. The Morgan fingerprint density at radius 1 is 0.422 bits per heavy atom. The summed E-state index contributed by atoms with van der Waals surface area (Å²) in [5, 5.41) is 0. The fourth-order valence-electron chi connectivity index (χ4n) is 2.39. The zero-order valence-electron chi connectivity index (χ0n) is 30.1. The zero-order chi connectivity index (χ0) is 28.4. The van der Waals surface area contributed by atoms with Gasteiger partial charge in [0, 0.05) is 0 Å². The van der Waals surface area contributed by atoms with E-state index in [1.54, 1.807) is 0 Å². The molecule has 0 N–H and O–H groups in total. The van der Waals surface area contributed by atoms with Crippen LogP contribution in [-0.2, 0) is 65.2 Å². The molecule has 0 fully saturated rings. The van der Waals surface area contributed by atoms with Gasteiger partial charge in [-0.1, -0.05) is 13.8 Å². The van der Waals surface area contributed by atoms with Crippen LogP contribution in [0.2, 0.25) is 0 Å². The molecule has 0 aromatic heterocycles. The minimum absolute atomic E-state index is 0. The van der Waals surface area contributed by atoms with Crippen molar-refractivity contribution in [3.8, 4) is 0 Å². The monoisotopic (exact) mass is 708 g/mol. The molecule has 0 bridgehead atoms. The molecule has 3 heteroatoms. The first-order valence-corrected chi connectivity index (χ1v) is 13.4. The summed E-state index contributed by atoms with van der Waals surface area (Å²) in [6.45, 7) is 12.1. The summed E-state index contributed by atoms with van der Waals surface area (Å²) in [7, 11) is 0. The predicted octanol–water partition coefficient (Wildman–Crippen LogP) is 12.9. The summed E-state index contributed by atoms with van der Waals surface area (Å²) in [6.07, 6.45) is 60.7. The van der Waals surface area contributed by atoms with Crippen molar-refractivity contribution < 1.29 is 65.2 Å². The SMILES string of the molecule is CC1=[C-]CC=C1.CC1=[C-]CC=C1.C[CH-]C.C[CH-]C.[C-]1=CC=CC1.[C-]1=CC=CC1.[C-]1=CC=CC1.[C-]1=CC=CC1.[CH3-].[CH3-].[CH3-].[CH3-].[Ti+4].[Ti+4].[Ti+4]. The van der Waals surface area contributed by atoms with E-state index in [1.807, 2.05) is 89.1 Å². The van der Waals surface area contributed by atoms with E-state index in [9.17, 15) is 0 Å². The van der Waals surface area contributed by atoms with Crippen molar-refractivity contribution in [2.75, 3.05) is 0 Å². The molecule has 0 radical (unpaired) electrons. The van der Waals surface area contributed by atoms with Crippen molar-refractivity contribution in [1.29, 1.82) is 0 Å². The zero-order valence-corrected chi connectivity index (χ0v) is 34.8. The van der Waals surface area contributed by atoms with Gasteiger partial charge in [-0.05, 0) is 0 Å². The van der Waals surface area contributed by atoms with Gasteiger partial charge in [-0.2, -0.15) is 64.2 Å². The summed E-state index contributed by atoms with van der Waals surface area (Å²) < 4.78 is 0. The maximum Gasteiger partial charge on any atom is 4.00 e. The van der Waals surface area contributed by atoms with Crippen LogP contribution < -0.4 is 0 Å². The summed E-state index contributed by atoms with van der Waals surface area (Å²) in [4.78, 5) is 0. The smallest absolute Gasteiger partial charge is 0.358 e. The number of rotatable bonds is 0. The van der Waals surface area contributed by atoms with Crippen LogP contribution in [0.5, 0.6) is 0 Å². The van der Waals surface area contributed by atoms with E-state index >= 15 is 0 Å². The minimum Gasteiger partial charge on any atom is -0.358 e. The van der Waals surface area contributed by atoms with Crippen molar-refractivity contribution >= 4 is 0 Å². The van der Waals surface area contributed by atoms with Crippen molar-refractivity contribution in [2.24, 2.45) is 0 Å². The van der Waals surface area contributed by atoms with E-state index in [0.29, 0.717) is 0 Å². The first kappa shape index (κ1) is 66.4. The van der Waals surface area contributed by atoms with Crippen LogP contribution in [0, 0.1) is 79.0 Å². The summed E-state index contributed by atoms with van der Waals surface area (Å²) >= 11 is 0. The van der Waals surface area contributed by atoms with E-state index in [2.05, 4.69) is 98.9 Å². The molecule has 0 amide bonds. The molecule has 6 aliphatic rings. The van der Waals surface area contributed by atoms with E-state index in [-0.39, 0.29) is 94.9 Å². The molecule has 0 aromatic rings. The van der Waals surface area contributed by atoms with Gasteiger partial charge < -0.3 is 42.5 Å². The molecule has 0 unspecified atom stereocenters. The van der Waals surface area contributed by atoms with Crippen LogP contribution in [0.1, 0.15) is 80.1 Å². The molecule has 0 spiro atoms. The molecule has 0 heterocycles. The van der Waals surface area contributed by atoms with Gasteiger partial charge in [0.15, 0.2) is 0 Å². The first-order chi connectivity index (χ1) is 18.6. The van der Waals surface area contributed by atoms with Crippen molar-refractivity contribution in [3.63, 3.8) is 0 Å². The van der Waals surface area contributed by atoms with Crippen molar-refractivity contribution in [3.05, 3.63) is 187 Å². The molecule has 0 saturated carbocycles. The molecule has 0 nitrogen and oxygen atoms in total. The van der Waals surface area contributed by atoms with Gasteiger partial charge >= 0.3 is 65.2 Å². The third kappa shape index (κ3) is 66.4. The maximum absolute atomic E-state index is 3.12. The van der Waals surface area contributed by atoms with Gasteiger partial charge in [0.25, 0.3) is 0 Å². The van der Waals surface area contributed by atoms with Crippen LogP contribution >= 0.6 is 0 Å². The number of allylic oxidation sites excluding steroid dienone is 24. The van der Waals surface area contributed by atoms with E-state index in [4.69, 9.17) is 0 Å². The number of hydrogen-bond acceptors (Lipinski definition) is 0. The van der Waals surface area contributed by atoms with Crippen LogP contribution in [0.25, 0.3) is 0 Å². The van der Waals surface area contributed by atoms with Crippen molar-refractivity contribution in [1.82, 2.24) is 0 Å². The Bertz CT molecular complexity index is 719. The second kappa shape index (κ2) is 61.9. The maximum atomic E-state index is 3.12. The number of hydrogen-bond donors (Lipinski definition) is 0. The standard InChI is InChI=1S/2C6H7.4C5H5.2C3H7.4CH3.3Ti/c2*1-6-4-2-3-5-6;4*1-2-4-5-3-1;2*1-3-2;;;;;;;/h2*2,4H,3H2,1H3;4*1-3H,4H2;2*3H,1-2H3;4*1H3;;;/q12*-1;3*+4. The Balaban J connectivity index is -0.0000000464. The van der Waals surface area contributed by atoms with Crippen LogP contribution in [0.4, 0.5) is 0 Å². The summed E-state index contributed by atoms with van der Waals surface area (Å²) in [6, 6.07) is 0. The predicted molar refractivity (Wildman–Crippen MR) is 196 cm³/mol. The van der Waals surface area contributed by atoms with Gasteiger partial charge in [0.05, 0.1) is 0 Å². The molecule has 6 aliphatic carbocycles. The normalized spacial score (nSPS) is 13.6. The van der Waals surface area contributed by atoms with Crippen LogP contribution in [0.15, 0.2) is 108 Å². The molecule has 0 atom stereocenters. The Hall–Kier alpha value is -0.977. The summed E-state index contributed by atoms with van der Waals surface area (Å²) in [5.74, 6) is 0. The molecule has 0 saturated heterocycles.